The van der Waals surface area contributed by atoms with Crippen LogP contribution in [0.2, 0.25) is 0 Å². The summed E-state index contributed by atoms with van der Waals surface area (Å²) in [5, 5.41) is 3.40. The van der Waals surface area contributed by atoms with E-state index < -0.39 is 0 Å². The average molecular weight is 276 g/mol. The minimum atomic E-state index is -0.252. The second-order valence-corrected chi connectivity index (χ2v) is 5.63. The zero-order valence-electron chi connectivity index (χ0n) is 12.3. The molecular formula is C15H24N4O. The maximum atomic E-state index is 11.7. The molecule has 3 N–H and O–H groups in total. The van der Waals surface area contributed by atoms with Gasteiger partial charge in [0.25, 0.3) is 0 Å². The first kappa shape index (κ1) is 14.8. The Balaban J connectivity index is 2.23. The molecule has 1 amide bonds. The third-order valence-corrected chi connectivity index (χ3v) is 3.67. The van der Waals surface area contributed by atoms with Crippen molar-refractivity contribution in [2.24, 2.45) is 5.73 Å². The van der Waals surface area contributed by atoms with Crippen LogP contribution in [0, 0.1) is 0 Å². The van der Waals surface area contributed by atoms with Gasteiger partial charge >= 0.3 is 0 Å². The number of hydrogen-bond donors (Lipinski definition) is 2. The number of pyridine rings is 1. The third-order valence-electron chi connectivity index (χ3n) is 3.67. The van der Waals surface area contributed by atoms with Gasteiger partial charge in [-0.25, -0.2) is 4.98 Å². The van der Waals surface area contributed by atoms with E-state index in [1.165, 1.54) is 0 Å². The van der Waals surface area contributed by atoms with Crippen LogP contribution in [0.15, 0.2) is 18.3 Å². The predicted molar refractivity (Wildman–Crippen MR) is 80.4 cm³/mol. The molecule has 2 heterocycles. The molecule has 1 saturated heterocycles. The summed E-state index contributed by atoms with van der Waals surface area (Å²) >= 11 is 0. The van der Waals surface area contributed by atoms with Crippen molar-refractivity contribution < 1.29 is 4.79 Å². The first-order valence-corrected chi connectivity index (χ1v) is 7.33. The van der Waals surface area contributed by atoms with Gasteiger partial charge in [-0.05, 0) is 25.3 Å². The number of rotatable bonds is 5. The fraction of sp³-hybridized carbons (Fsp3) is 0.600. The molecule has 5 heteroatoms. The molecular weight excluding hydrogens is 252 g/mol. The zero-order chi connectivity index (χ0) is 14.5. The Kier molecular flexibility index (Phi) is 4.95. The van der Waals surface area contributed by atoms with E-state index in [1.807, 2.05) is 6.07 Å². The van der Waals surface area contributed by atoms with Gasteiger partial charge in [-0.15, -0.1) is 0 Å². The Morgan fingerprint density at radius 3 is 3.05 bits per heavy atom. The number of nitrogens with one attached hydrogen (secondary N) is 1. The second kappa shape index (κ2) is 6.70. The van der Waals surface area contributed by atoms with Crippen LogP contribution in [0.4, 0.5) is 5.82 Å². The molecule has 1 atom stereocenters. The molecule has 5 nitrogen and oxygen atoms in total. The highest BCUT2D eigenvalue weighted by Crippen LogP contribution is 2.26. The van der Waals surface area contributed by atoms with Gasteiger partial charge in [0.2, 0.25) is 5.91 Å². The molecule has 110 valence electrons. The number of aromatic nitrogens is 1. The van der Waals surface area contributed by atoms with Gasteiger partial charge in [-0.3, -0.25) is 4.79 Å². The van der Waals surface area contributed by atoms with Crippen molar-refractivity contribution >= 4 is 11.7 Å². The van der Waals surface area contributed by atoms with Crippen LogP contribution >= 0.6 is 0 Å². The standard InChI is InChI=1S/C15H24N4O/c1-11(2)18-10-12-6-5-8-17-15(12)19-9-4-3-7-13(19)14(16)20/h5-6,8,11,13,18H,3-4,7,9-10H2,1-2H3,(H2,16,20). The number of primary amides is 1. The van der Waals surface area contributed by atoms with Crippen LogP contribution in [0.3, 0.4) is 0 Å². The molecule has 1 unspecified atom stereocenters. The molecule has 1 aromatic rings. The minimum Gasteiger partial charge on any atom is -0.368 e. The van der Waals surface area contributed by atoms with E-state index in [-0.39, 0.29) is 11.9 Å². The predicted octanol–water partition coefficient (Wildman–Crippen LogP) is 1.42. The Labute approximate surface area is 120 Å². The smallest absolute Gasteiger partial charge is 0.240 e. The second-order valence-electron chi connectivity index (χ2n) is 5.63. The van der Waals surface area contributed by atoms with Crippen LogP contribution in [-0.4, -0.2) is 29.5 Å². The number of amides is 1. The van der Waals surface area contributed by atoms with Crippen molar-refractivity contribution in [1.82, 2.24) is 10.3 Å². The number of anilines is 1. The van der Waals surface area contributed by atoms with Crippen LogP contribution in [0.25, 0.3) is 0 Å². The van der Waals surface area contributed by atoms with Gasteiger partial charge in [0.1, 0.15) is 11.9 Å². The molecule has 0 bridgehead atoms. The molecule has 1 aliphatic heterocycles. The lowest BCUT2D eigenvalue weighted by atomic mass is 10.0. The van der Waals surface area contributed by atoms with Gasteiger partial charge in [0.05, 0.1) is 0 Å². The third kappa shape index (κ3) is 3.48. The average Bonchev–Trinajstić information content (AvgIpc) is 2.45. The Bertz CT molecular complexity index is 461. The van der Waals surface area contributed by atoms with Gasteiger partial charge in [-0.1, -0.05) is 19.9 Å². The number of carbonyl (C=O) groups is 1. The molecule has 1 aromatic heterocycles. The Morgan fingerprint density at radius 1 is 1.55 bits per heavy atom. The van der Waals surface area contributed by atoms with Crippen molar-refractivity contribution in [3.63, 3.8) is 0 Å². The van der Waals surface area contributed by atoms with Gasteiger partial charge < -0.3 is 16.0 Å². The molecule has 0 radical (unpaired) electrons. The van der Waals surface area contributed by atoms with Gasteiger partial charge in [-0.2, -0.15) is 0 Å². The summed E-state index contributed by atoms with van der Waals surface area (Å²) in [7, 11) is 0. The van der Waals surface area contributed by atoms with E-state index in [0.717, 1.165) is 43.7 Å². The number of hydrogen-bond acceptors (Lipinski definition) is 4. The monoisotopic (exact) mass is 276 g/mol. The number of nitrogens with two attached hydrogens (primary N) is 1. The van der Waals surface area contributed by atoms with Crippen LogP contribution in [-0.2, 0) is 11.3 Å². The normalized spacial score (nSPS) is 19.4. The lowest BCUT2D eigenvalue weighted by Gasteiger charge is -2.35. The van der Waals surface area contributed by atoms with E-state index in [9.17, 15) is 4.79 Å². The van der Waals surface area contributed by atoms with Crippen molar-refractivity contribution in [3.05, 3.63) is 23.9 Å². The van der Waals surface area contributed by atoms with Crippen LogP contribution < -0.4 is 16.0 Å². The van der Waals surface area contributed by atoms with E-state index in [4.69, 9.17) is 5.73 Å². The van der Waals surface area contributed by atoms with E-state index >= 15 is 0 Å². The minimum absolute atomic E-state index is 0.226. The molecule has 0 spiro atoms. The van der Waals surface area contributed by atoms with E-state index in [1.54, 1.807) is 6.20 Å². The summed E-state index contributed by atoms with van der Waals surface area (Å²) in [5.41, 5.74) is 6.66. The van der Waals surface area contributed by atoms with Crippen molar-refractivity contribution in [2.45, 2.75) is 51.7 Å². The summed E-state index contributed by atoms with van der Waals surface area (Å²) in [4.78, 5) is 18.2. The highest BCUT2D eigenvalue weighted by molar-refractivity contribution is 5.83. The van der Waals surface area contributed by atoms with E-state index in [2.05, 4.69) is 35.1 Å². The number of piperidine rings is 1. The summed E-state index contributed by atoms with van der Waals surface area (Å²) in [5.74, 6) is 0.641. The first-order valence-electron chi connectivity index (χ1n) is 7.33. The quantitative estimate of drug-likeness (QED) is 0.853. The number of carbonyl (C=O) groups excluding carboxylic acids is 1. The zero-order valence-corrected chi connectivity index (χ0v) is 12.3. The topological polar surface area (TPSA) is 71.2 Å². The van der Waals surface area contributed by atoms with Crippen LogP contribution in [0.1, 0.15) is 38.7 Å². The lowest BCUT2D eigenvalue weighted by Crippen LogP contribution is -2.48. The summed E-state index contributed by atoms with van der Waals surface area (Å²) in [6.07, 6.45) is 4.73. The molecule has 1 aliphatic rings. The lowest BCUT2D eigenvalue weighted by molar-refractivity contribution is -0.119. The SMILES string of the molecule is CC(C)NCc1cccnc1N1CCCCC1C(N)=O. The largest absolute Gasteiger partial charge is 0.368 e. The Hall–Kier alpha value is -1.62. The van der Waals surface area contributed by atoms with Crippen LogP contribution in [0.5, 0.6) is 0 Å². The molecule has 0 aliphatic carbocycles. The van der Waals surface area contributed by atoms with Crippen molar-refractivity contribution in [2.75, 3.05) is 11.4 Å². The van der Waals surface area contributed by atoms with Gasteiger partial charge in [0.15, 0.2) is 0 Å². The highest BCUT2D eigenvalue weighted by Gasteiger charge is 2.29. The van der Waals surface area contributed by atoms with Crippen molar-refractivity contribution in [1.29, 1.82) is 0 Å². The summed E-state index contributed by atoms with van der Waals surface area (Å²) in [6.45, 7) is 5.83. The van der Waals surface area contributed by atoms with Crippen molar-refractivity contribution in [3.8, 4) is 0 Å². The maximum absolute atomic E-state index is 11.7. The van der Waals surface area contributed by atoms with Gasteiger partial charge in [0, 0.05) is 30.9 Å². The summed E-state index contributed by atoms with van der Waals surface area (Å²) in [6, 6.07) is 4.18. The Morgan fingerprint density at radius 2 is 2.35 bits per heavy atom. The molecule has 1 fully saturated rings. The summed E-state index contributed by atoms with van der Waals surface area (Å²) < 4.78 is 0. The fourth-order valence-corrected chi connectivity index (χ4v) is 2.62. The number of nitrogens with zero attached hydrogens (tertiary/aromatic N) is 2. The maximum Gasteiger partial charge on any atom is 0.240 e. The molecule has 20 heavy (non-hydrogen) atoms. The molecule has 0 saturated carbocycles. The van der Waals surface area contributed by atoms with E-state index in [0.29, 0.717) is 6.04 Å². The first-order chi connectivity index (χ1) is 9.59. The fourth-order valence-electron chi connectivity index (χ4n) is 2.62. The highest BCUT2D eigenvalue weighted by atomic mass is 16.1. The molecule has 2 rings (SSSR count). The molecule has 0 aromatic carbocycles.